The van der Waals surface area contributed by atoms with Crippen molar-refractivity contribution in [3.63, 3.8) is 0 Å². The van der Waals surface area contributed by atoms with E-state index < -0.39 is 29.3 Å². The summed E-state index contributed by atoms with van der Waals surface area (Å²) in [4.78, 5) is 31.6. The monoisotopic (exact) mass is 478 g/mol. The van der Waals surface area contributed by atoms with Crippen molar-refractivity contribution < 1.29 is 27.2 Å². The Morgan fingerprint density at radius 3 is 2.76 bits per heavy atom. The molecule has 1 aliphatic heterocycles. The van der Waals surface area contributed by atoms with Gasteiger partial charge in [0.1, 0.15) is 5.82 Å². The van der Waals surface area contributed by atoms with Crippen LogP contribution in [-0.4, -0.2) is 52.7 Å². The highest BCUT2D eigenvalue weighted by Crippen LogP contribution is 2.40. The molecule has 1 fully saturated rings. The predicted octanol–water partition coefficient (Wildman–Crippen LogP) is 4.37. The second kappa shape index (κ2) is 9.01. The summed E-state index contributed by atoms with van der Waals surface area (Å²) in [6.45, 7) is 3.75. The Morgan fingerprint density at radius 1 is 1.32 bits per heavy atom. The Morgan fingerprint density at radius 2 is 2.09 bits per heavy atom. The average Bonchev–Trinajstić information content (AvgIpc) is 3.24. The van der Waals surface area contributed by atoms with Crippen LogP contribution in [0.5, 0.6) is 0 Å². The fraction of sp³-hybridized carbons (Fsp3) is 0.364. The third-order valence-corrected chi connectivity index (χ3v) is 6.10. The number of rotatable bonds is 4. The second-order valence-corrected chi connectivity index (χ2v) is 8.42. The van der Waals surface area contributed by atoms with Gasteiger partial charge in [0.2, 0.25) is 6.41 Å². The van der Waals surface area contributed by atoms with Crippen LogP contribution < -0.4 is 10.2 Å². The van der Waals surface area contributed by atoms with E-state index in [-0.39, 0.29) is 18.2 Å². The lowest BCUT2D eigenvalue weighted by atomic mass is 9.80. The molecule has 0 spiro atoms. The highest BCUT2D eigenvalue weighted by Gasteiger charge is 2.35. The number of aromatic nitrogens is 3. The molecule has 0 aliphatic carbocycles. The van der Waals surface area contributed by atoms with Crippen LogP contribution in [0.25, 0.3) is 11.0 Å². The quantitative estimate of drug-likeness (QED) is 0.429. The zero-order chi connectivity index (χ0) is 24.6. The van der Waals surface area contributed by atoms with Gasteiger partial charge in [-0.15, -0.1) is 0 Å². The Balaban J connectivity index is 1.70. The summed E-state index contributed by atoms with van der Waals surface area (Å²) in [5.74, 6) is -1.24. The van der Waals surface area contributed by atoms with Crippen molar-refractivity contribution >= 4 is 34.8 Å². The van der Waals surface area contributed by atoms with E-state index in [1.165, 1.54) is 6.20 Å². The first-order chi connectivity index (χ1) is 16.1. The number of imide groups is 1. The van der Waals surface area contributed by atoms with E-state index in [4.69, 9.17) is 0 Å². The van der Waals surface area contributed by atoms with Crippen molar-refractivity contribution in [1.29, 1.82) is 0 Å². The zero-order valence-corrected chi connectivity index (χ0v) is 18.4. The molecule has 0 saturated carbocycles. The third-order valence-electron chi connectivity index (χ3n) is 6.10. The molecule has 1 aliphatic rings. The summed E-state index contributed by atoms with van der Waals surface area (Å²) in [5.41, 5.74) is -0.363. The molecule has 12 heteroatoms. The second-order valence-electron chi connectivity index (χ2n) is 8.42. The molecule has 34 heavy (non-hydrogen) atoms. The Labute approximate surface area is 191 Å². The molecule has 2 N–H and O–H groups in total. The Bertz CT molecular complexity index is 1230. The molecule has 3 amide bonds. The van der Waals surface area contributed by atoms with Crippen molar-refractivity contribution in [2.24, 2.45) is 5.92 Å². The van der Waals surface area contributed by atoms with Crippen LogP contribution in [0.4, 0.5) is 33.7 Å². The number of likely N-dealkylation sites (tertiary alicyclic amines) is 1. The zero-order valence-electron chi connectivity index (χ0n) is 18.4. The first-order valence-electron chi connectivity index (χ1n) is 10.5. The van der Waals surface area contributed by atoms with Crippen LogP contribution >= 0.6 is 0 Å². The smallest absolute Gasteiger partial charge is 0.306 e. The molecule has 1 aromatic carbocycles. The number of aromatic amines is 1. The Kier molecular flexibility index (Phi) is 6.26. The maximum absolute atomic E-state index is 13.7. The number of hydrogen-bond acceptors (Lipinski definition) is 5. The number of nitrogens with one attached hydrogen (secondary N) is 2. The molecule has 180 valence electrons. The van der Waals surface area contributed by atoms with Gasteiger partial charge in [-0.25, -0.2) is 19.1 Å². The number of H-pyrrole nitrogens is 1. The molecule has 2 atom stereocenters. The van der Waals surface area contributed by atoms with E-state index in [0.29, 0.717) is 33.8 Å². The largest absolute Gasteiger partial charge is 0.419 e. The van der Waals surface area contributed by atoms with Gasteiger partial charge < -0.3 is 10.2 Å². The van der Waals surface area contributed by atoms with E-state index in [2.05, 4.69) is 32.3 Å². The number of carbonyl (C=O) groups excluding carboxylic acids is 2. The van der Waals surface area contributed by atoms with Gasteiger partial charge in [0.25, 0.3) is 0 Å². The summed E-state index contributed by atoms with van der Waals surface area (Å²) in [5, 5.41) is 10.1. The van der Waals surface area contributed by atoms with Crippen LogP contribution in [0.15, 0.2) is 30.6 Å². The molecule has 2 unspecified atom stereocenters. The average molecular weight is 478 g/mol. The maximum Gasteiger partial charge on any atom is 0.419 e. The molecule has 0 radical (unpaired) electrons. The van der Waals surface area contributed by atoms with Gasteiger partial charge in [-0.2, -0.15) is 18.3 Å². The van der Waals surface area contributed by atoms with E-state index in [0.717, 1.165) is 31.1 Å². The number of hydrogen-bond donors (Lipinski definition) is 2. The molecule has 3 aromatic rings. The normalized spacial score (nSPS) is 19.2. The molecular formula is C22H22F4N6O2. The van der Waals surface area contributed by atoms with Crippen LogP contribution in [-0.2, 0) is 11.0 Å². The lowest BCUT2D eigenvalue weighted by molar-refractivity contribution is -0.140. The van der Waals surface area contributed by atoms with E-state index in [9.17, 15) is 27.2 Å². The van der Waals surface area contributed by atoms with Crippen LogP contribution in [0.3, 0.4) is 0 Å². The van der Waals surface area contributed by atoms with Gasteiger partial charge in [0.15, 0.2) is 5.65 Å². The lowest BCUT2D eigenvalue weighted by Crippen LogP contribution is -2.37. The summed E-state index contributed by atoms with van der Waals surface area (Å²) in [6.07, 6.45) is -1.09. The number of halogens is 4. The van der Waals surface area contributed by atoms with Crippen molar-refractivity contribution in [3.8, 4) is 0 Å². The summed E-state index contributed by atoms with van der Waals surface area (Å²) < 4.78 is 53.0. The van der Waals surface area contributed by atoms with Crippen LogP contribution in [0, 0.1) is 11.7 Å². The highest BCUT2D eigenvalue weighted by atomic mass is 19.4. The maximum atomic E-state index is 13.7. The number of carbonyl (C=O) groups is 2. The fourth-order valence-electron chi connectivity index (χ4n) is 4.48. The van der Waals surface area contributed by atoms with E-state index >= 15 is 0 Å². The summed E-state index contributed by atoms with van der Waals surface area (Å²) in [6, 6.07) is 0.907. The van der Waals surface area contributed by atoms with E-state index in [1.807, 2.05) is 7.05 Å². The van der Waals surface area contributed by atoms with Gasteiger partial charge in [-0.3, -0.25) is 9.89 Å². The minimum atomic E-state index is -4.99. The topological polar surface area (TPSA) is 94.2 Å². The van der Waals surface area contributed by atoms with Crippen LogP contribution in [0.2, 0.25) is 0 Å². The van der Waals surface area contributed by atoms with Crippen molar-refractivity contribution in [2.45, 2.75) is 25.4 Å². The summed E-state index contributed by atoms with van der Waals surface area (Å²) >= 11 is 0. The van der Waals surface area contributed by atoms with Crippen molar-refractivity contribution in [2.75, 3.05) is 30.4 Å². The minimum absolute atomic E-state index is 0.0435. The molecule has 3 heterocycles. The predicted molar refractivity (Wildman–Crippen MR) is 117 cm³/mol. The molecule has 1 saturated heterocycles. The summed E-state index contributed by atoms with van der Waals surface area (Å²) in [7, 11) is 2.02. The molecular weight excluding hydrogens is 456 g/mol. The van der Waals surface area contributed by atoms with Crippen molar-refractivity contribution in [3.05, 3.63) is 47.5 Å². The molecule has 0 bridgehead atoms. The number of alkyl halides is 3. The van der Waals surface area contributed by atoms with Gasteiger partial charge >= 0.3 is 12.2 Å². The molecule has 4 rings (SSSR count). The standard InChI is InChI=1S/C22H22F4N6O2/c1-12-10-31(2)6-5-14(12)19-15-8-28-30-20(15)27-9-18(19)29-21(34)32(11-33)13-3-4-17(23)16(7-13)22(24,25)26/h3-4,7-9,11-12,14H,5-6,10H2,1-2H3,(H,29,34)(H,27,28,30). The molecule has 2 aromatic heterocycles. The van der Waals surface area contributed by atoms with Gasteiger partial charge in [0.05, 0.1) is 29.3 Å². The Hall–Kier alpha value is -3.54. The number of urea groups is 1. The first kappa shape index (κ1) is 23.6. The lowest BCUT2D eigenvalue weighted by Gasteiger charge is -2.36. The molecule has 8 nitrogen and oxygen atoms in total. The number of pyridine rings is 1. The number of fused-ring (bicyclic) bond motifs is 1. The van der Waals surface area contributed by atoms with Gasteiger partial charge in [-0.1, -0.05) is 6.92 Å². The van der Waals surface area contributed by atoms with Crippen molar-refractivity contribution in [1.82, 2.24) is 20.1 Å². The van der Waals surface area contributed by atoms with Gasteiger partial charge in [0, 0.05) is 11.9 Å². The number of amides is 3. The number of anilines is 2. The van der Waals surface area contributed by atoms with Gasteiger partial charge in [-0.05, 0) is 55.6 Å². The first-order valence-corrected chi connectivity index (χ1v) is 10.5. The fourth-order valence-corrected chi connectivity index (χ4v) is 4.48. The number of benzene rings is 1. The third kappa shape index (κ3) is 4.45. The minimum Gasteiger partial charge on any atom is -0.306 e. The SMILES string of the molecule is CC1CN(C)CCC1c1c(NC(=O)N(C=O)c2ccc(F)c(C(F)(F)F)c2)cnc2[nH]ncc12. The van der Waals surface area contributed by atoms with E-state index in [1.54, 1.807) is 6.20 Å². The van der Waals surface area contributed by atoms with Crippen LogP contribution in [0.1, 0.15) is 30.4 Å². The number of piperidine rings is 1. The number of nitrogens with zero attached hydrogens (tertiary/aromatic N) is 4. The highest BCUT2D eigenvalue weighted by molar-refractivity contribution is 6.12.